The first-order valence-electron chi connectivity index (χ1n) is 8.66. The van der Waals surface area contributed by atoms with Crippen LogP contribution in [-0.2, 0) is 0 Å². The summed E-state index contributed by atoms with van der Waals surface area (Å²) in [6.07, 6.45) is 7.63. The third-order valence-corrected chi connectivity index (χ3v) is 5.34. The average molecular weight is 414 g/mol. The van der Waals surface area contributed by atoms with Crippen LogP contribution >= 0.6 is 22.9 Å². The summed E-state index contributed by atoms with van der Waals surface area (Å²) in [5.74, 6) is 0.199. The molecule has 0 aliphatic rings. The molecule has 3 aromatic heterocycles. The fraction of sp³-hybridized carbons (Fsp3) is 0.150. The number of aromatic hydroxyl groups is 1. The Morgan fingerprint density at radius 1 is 1.39 bits per heavy atom. The third-order valence-electron chi connectivity index (χ3n) is 4.07. The van der Waals surface area contributed by atoms with Crippen LogP contribution < -0.4 is 14.8 Å². The Hall–Kier alpha value is -2.90. The molecule has 1 N–H and O–H groups in total. The van der Waals surface area contributed by atoms with Crippen LogP contribution in [0.4, 0.5) is 0 Å². The van der Waals surface area contributed by atoms with Crippen LogP contribution in [0.3, 0.4) is 0 Å². The van der Waals surface area contributed by atoms with Crippen LogP contribution in [0.5, 0.6) is 11.5 Å². The predicted molar refractivity (Wildman–Crippen MR) is 110 cm³/mol. The maximum atomic E-state index is 12.8. The van der Waals surface area contributed by atoms with Gasteiger partial charge in [0.15, 0.2) is 16.5 Å². The molecule has 28 heavy (non-hydrogen) atoms. The zero-order chi connectivity index (χ0) is 19.7. The molecule has 4 aromatic rings. The van der Waals surface area contributed by atoms with E-state index in [1.807, 2.05) is 19.1 Å². The number of fused-ring (bicyclic) bond motifs is 1. The second-order valence-electron chi connectivity index (χ2n) is 6.13. The molecule has 6 nitrogen and oxygen atoms in total. The van der Waals surface area contributed by atoms with Gasteiger partial charge in [-0.1, -0.05) is 29.9 Å². The quantitative estimate of drug-likeness (QED) is 0.541. The molecule has 0 aliphatic heterocycles. The Bertz CT molecular complexity index is 1250. The van der Waals surface area contributed by atoms with Gasteiger partial charge in [0.25, 0.3) is 5.56 Å². The van der Waals surface area contributed by atoms with Crippen LogP contribution in [0, 0.1) is 0 Å². The van der Waals surface area contributed by atoms with E-state index in [0.29, 0.717) is 33.1 Å². The van der Waals surface area contributed by atoms with Gasteiger partial charge in [-0.25, -0.2) is 4.98 Å². The van der Waals surface area contributed by atoms with Crippen molar-refractivity contribution in [2.24, 2.45) is 0 Å². The SMILES string of the molecule is CCCOc1cc(/C=c2\sc3nc(-c4cccnc4)cn3c2=O)cc(Cl)c1O. The summed E-state index contributed by atoms with van der Waals surface area (Å²) in [7, 11) is 0. The minimum absolute atomic E-state index is 0.100. The molecule has 3 heterocycles. The van der Waals surface area contributed by atoms with E-state index < -0.39 is 0 Å². The number of phenols is 1. The number of benzene rings is 1. The van der Waals surface area contributed by atoms with Crippen molar-refractivity contribution in [2.45, 2.75) is 13.3 Å². The number of nitrogens with zero attached hydrogens (tertiary/aromatic N) is 3. The third kappa shape index (κ3) is 3.46. The number of hydrogen-bond donors (Lipinski definition) is 1. The van der Waals surface area contributed by atoms with Crippen LogP contribution in [0.1, 0.15) is 18.9 Å². The Morgan fingerprint density at radius 3 is 2.96 bits per heavy atom. The average Bonchev–Trinajstić information content (AvgIpc) is 3.24. The number of aromatic nitrogens is 3. The summed E-state index contributed by atoms with van der Waals surface area (Å²) in [6.45, 7) is 2.43. The minimum atomic E-state index is -0.164. The molecule has 0 saturated heterocycles. The highest BCUT2D eigenvalue weighted by molar-refractivity contribution is 7.15. The maximum Gasteiger partial charge on any atom is 0.274 e. The summed E-state index contributed by atoms with van der Waals surface area (Å²) in [5, 5.41) is 10.2. The molecule has 0 unspecified atom stereocenters. The highest BCUT2D eigenvalue weighted by Gasteiger charge is 2.12. The molecule has 0 amide bonds. The van der Waals surface area contributed by atoms with Gasteiger partial charge in [-0.15, -0.1) is 0 Å². The van der Waals surface area contributed by atoms with Crippen LogP contribution in [-0.4, -0.2) is 26.1 Å². The van der Waals surface area contributed by atoms with E-state index in [2.05, 4.69) is 9.97 Å². The van der Waals surface area contributed by atoms with Crippen LogP contribution in [0.25, 0.3) is 22.3 Å². The lowest BCUT2D eigenvalue weighted by atomic mass is 10.2. The van der Waals surface area contributed by atoms with E-state index >= 15 is 0 Å². The van der Waals surface area contributed by atoms with E-state index in [-0.39, 0.29) is 16.3 Å². The Kier molecular flexibility index (Phi) is 5.02. The Morgan fingerprint density at radius 2 is 2.25 bits per heavy atom. The number of rotatable bonds is 5. The Labute approximate surface area is 169 Å². The lowest BCUT2D eigenvalue weighted by Crippen LogP contribution is -2.22. The molecule has 0 saturated carbocycles. The smallest absolute Gasteiger partial charge is 0.274 e. The lowest BCUT2D eigenvalue weighted by Gasteiger charge is -2.09. The first kappa shape index (κ1) is 18.5. The fourth-order valence-corrected chi connectivity index (χ4v) is 3.91. The first-order chi connectivity index (χ1) is 13.6. The molecule has 8 heteroatoms. The number of phenolic OH excluding ortho intramolecular Hbond substituents is 1. The van der Waals surface area contributed by atoms with E-state index in [1.165, 1.54) is 15.7 Å². The van der Waals surface area contributed by atoms with Crippen molar-refractivity contribution >= 4 is 34.0 Å². The van der Waals surface area contributed by atoms with Crippen LogP contribution in [0.2, 0.25) is 5.02 Å². The summed E-state index contributed by atoms with van der Waals surface area (Å²) in [6, 6.07) is 6.98. The van der Waals surface area contributed by atoms with Gasteiger partial charge in [-0.2, -0.15) is 0 Å². The summed E-state index contributed by atoms with van der Waals surface area (Å²) < 4.78 is 7.57. The van der Waals surface area contributed by atoms with Crippen LogP contribution in [0.15, 0.2) is 47.7 Å². The van der Waals surface area contributed by atoms with Gasteiger partial charge < -0.3 is 9.84 Å². The highest BCUT2D eigenvalue weighted by Crippen LogP contribution is 2.35. The molecule has 0 atom stereocenters. The van der Waals surface area contributed by atoms with E-state index in [1.54, 1.807) is 36.8 Å². The van der Waals surface area contributed by atoms with Crippen molar-refractivity contribution in [2.75, 3.05) is 6.61 Å². The molecular formula is C20H16ClN3O3S. The van der Waals surface area contributed by atoms with E-state index in [4.69, 9.17) is 16.3 Å². The van der Waals surface area contributed by atoms with Crippen molar-refractivity contribution in [3.63, 3.8) is 0 Å². The monoisotopic (exact) mass is 413 g/mol. The van der Waals surface area contributed by atoms with Crippen molar-refractivity contribution in [3.05, 3.63) is 68.3 Å². The summed E-state index contributed by atoms with van der Waals surface area (Å²) in [5.41, 5.74) is 2.06. The van der Waals surface area contributed by atoms with E-state index in [0.717, 1.165) is 12.0 Å². The largest absolute Gasteiger partial charge is 0.503 e. The van der Waals surface area contributed by atoms with Crippen molar-refractivity contribution < 1.29 is 9.84 Å². The van der Waals surface area contributed by atoms with Crippen molar-refractivity contribution in [3.8, 4) is 22.8 Å². The van der Waals surface area contributed by atoms with Gasteiger partial charge in [0.2, 0.25) is 0 Å². The second-order valence-corrected chi connectivity index (χ2v) is 7.55. The summed E-state index contributed by atoms with van der Waals surface area (Å²) >= 11 is 7.39. The van der Waals surface area contributed by atoms with E-state index in [9.17, 15) is 9.90 Å². The molecule has 0 spiro atoms. The highest BCUT2D eigenvalue weighted by atomic mass is 35.5. The molecule has 0 radical (unpaired) electrons. The second kappa shape index (κ2) is 7.61. The standard InChI is InChI=1S/C20H16ClN3O3S/c1-2-6-27-16-8-12(7-14(21)18(16)25)9-17-19(26)24-11-15(23-20(24)28-17)13-4-3-5-22-10-13/h3-5,7-11,25H,2,6H2,1H3/b17-9-. The van der Waals surface area contributed by atoms with Gasteiger partial charge >= 0.3 is 0 Å². The van der Waals surface area contributed by atoms with Gasteiger partial charge in [0.1, 0.15) is 0 Å². The normalized spacial score (nSPS) is 12.0. The molecular weight excluding hydrogens is 398 g/mol. The maximum absolute atomic E-state index is 12.8. The first-order valence-corrected chi connectivity index (χ1v) is 9.85. The number of thiazole rings is 1. The van der Waals surface area contributed by atoms with Crippen molar-refractivity contribution in [1.82, 2.24) is 14.4 Å². The van der Waals surface area contributed by atoms with Gasteiger partial charge in [0, 0.05) is 24.2 Å². The summed E-state index contributed by atoms with van der Waals surface area (Å²) in [4.78, 5) is 22.0. The number of hydrogen-bond acceptors (Lipinski definition) is 6. The molecule has 142 valence electrons. The topological polar surface area (TPSA) is 76.7 Å². The zero-order valence-corrected chi connectivity index (χ0v) is 16.5. The minimum Gasteiger partial charge on any atom is -0.503 e. The number of imidazole rings is 1. The molecule has 0 bridgehead atoms. The Balaban J connectivity index is 1.76. The van der Waals surface area contributed by atoms with Crippen molar-refractivity contribution in [1.29, 1.82) is 0 Å². The van der Waals surface area contributed by atoms with Gasteiger partial charge in [-0.05, 0) is 42.3 Å². The zero-order valence-electron chi connectivity index (χ0n) is 14.9. The van der Waals surface area contributed by atoms with Gasteiger partial charge in [0.05, 0.1) is 21.9 Å². The number of ether oxygens (including phenoxy) is 1. The fourth-order valence-electron chi connectivity index (χ4n) is 2.74. The molecule has 4 rings (SSSR count). The van der Waals surface area contributed by atoms with Gasteiger partial charge in [-0.3, -0.25) is 14.2 Å². The number of pyridine rings is 1. The number of halogens is 1. The molecule has 0 fully saturated rings. The molecule has 1 aromatic carbocycles. The molecule has 0 aliphatic carbocycles. The predicted octanol–water partition coefficient (Wildman–Crippen LogP) is 3.51. The lowest BCUT2D eigenvalue weighted by molar-refractivity contribution is 0.299.